The minimum Gasteiger partial charge on any atom is -0.232 e. The molecule has 1 aliphatic heterocycles. The summed E-state index contributed by atoms with van der Waals surface area (Å²) in [7, 11) is 0. The van der Waals surface area contributed by atoms with Gasteiger partial charge in [-0.2, -0.15) is 0 Å². The van der Waals surface area contributed by atoms with Gasteiger partial charge in [-0.15, -0.1) is 0 Å². The first kappa shape index (κ1) is 37.4. The lowest BCUT2D eigenvalue weighted by Crippen LogP contribution is -2.17. The highest BCUT2D eigenvalue weighted by atomic mass is 14.9. The Labute approximate surface area is 369 Å². The average molecular weight is 807 g/mol. The fourth-order valence-electron chi connectivity index (χ4n) is 10.7. The molecule has 2 aliphatic carbocycles. The summed E-state index contributed by atoms with van der Waals surface area (Å²) in [4.78, 5) is 11.2. The van der Waals surface area contributed by atoms with Crippen LogP contribution < -0.4 is 0 Å². The number of fused-ring (bicyclic) bond motifs is 9. The SMILES string of the molecule is CC1(C)c2ccccc2-c2ccc(/C3=N/C(c4cc5ccccc5c5c4CCc4c(-c6ccc(-c7ccc8ccccc8c7)cc6)cccc4-5)=N\C(c4ccccc4)=C/CC3)cc21. The molecule has 0 radical (unpaired) electrons. The van der Waals surface area contributed by atoms with Gasteiger partial charge < -0.3 is 0 Å². The molecule has 0 fully saturated rings. The highest BCUT2D eigenvalue weighted by Gasteiger charge is 2.35. The molecule has 0 atom stereocenters. The molecule has 0 unspecified atom stereocenters. The van der Waals surface area contributed by atoms with Crippen molar-refractivity contribution >= 4 is 38.8 Å². The summed E-state index contributed by atoms with van der Waals surface area (Å²) >= 11 is 0. The van der Waals surface area contributed by atoms with E-state index in [0.29, 0.717) is 0 Å². The van der Waals surface area contributed by atoms with Crippen LogP contribution in [0, 0.1) is 0 Å². The van der Waals surface area contributed by atoms with Gasteiger partial charge in [-0.3, -0.25) is 0 Å². The summed E-state index contributed by atoms with van der Waals surface area (Å²) in [5, 5.41) is 5.00. The monoisotopic (exact) mass is 806 g/mol. The van der Waals surface area contributed by atoms with Crippen LogP contribution in [0.1, 0.15) is 65.6 Å². The maximum atomic E-state index is 5.69. The van der Waals surface area contributed by atoms with Crippen molar-refractivity contribution in [3.8, 4) is 44.5 Å². The molecule has 0 amide bonds. The summed E-state index contributed by atoms with van der Waals surface area (Å²) in [6.45, 7) is 4.71. The molecule has 9 aromatic carbocycles. The Morgan fingerprint density at radius 2 is 1.06 bits per heavy atom. The third-order valence-electron chi connectivity index (χ3n) is 13.9. The zero-order valence-corrected chi connectivity index (χ0v) is 35.7. The minimum atomic E-state index is -0.0929. The Morgan fingerprint density at radius 1 is 0.397 bits per heavy atom. The molecule has 0 bridgehead atoms. The molecule has 9 aromatic rings. The second-order valence-electron chi connectivity index (χ2n) is 17.9. The molecule has 0 saturated carbocycles. The van der Waals surface area contributed by atoms with Crippen molar-refractivity contribution in [1.29, 1.82) is 0 Å². The number of rotatable bonds is 5. The zero-order chi connectivity index (χ0) is 42.1. The van der Waals surface area contributed by atoms with Gasteiger partial charge in [0.25, 0.3) is 0 Å². The van der Waals surface area contributed by atoms with Crippen LogP contribution in [0.15, 0.2) is 204 Å². The van der Waals surface area contributed by atoms with Crippen LogP contribution in [0.2, 0.25) is 0 Å². The van der Waals surface area contributed by atoms with E-state index in [0.717, 1.165) is 54.1 Å². The smallest absolute Gasteiger partial charge is 0.160 e. The number of hydrogen-bond donors (Lipinski definition) is 0. The topological polar surface area (TPSA) is 24.7 Å². The molecule has 63 heavy (non-hydrogen) atoms. The second kappa shape index (κ2) is 14.9. The summed E-state index contributed by atoms with van der Waals surface area (Å²) < 4.78 is 0. The summed E-state index contributed by atoms with van der Waals surface area (Å²) in [5.74, 6) is 0.786. The van der Waals surface area contributed by atoms with Crippen molar-refractivity contribution in [3.05, 3.63) is 233 Å². The van der Waals surface area contributed by atoms with Crippen molar-refractivity contribution < 1.29 is 0 Å². The Balaban J connectivity index is 0.998. The number of benzene rings is 9. The van der Waals surface area contributed by atoms with E-state index in [4.69, 9.17) is 9.98 Å². The number of allylic oxidation sites excluding steroid dienone is 1. The minimum absolute atomic E-state index is 0.0929. The molecule has 12 rings (SSSR count). The fourth-order valence-corrected chi connectivity index (χ4v) is 10.7. The Morgan fingerprint density at radius 3 is 1.94 bits per heavy atom. The van der Waals surface area contributed by atoms with Gasteiger partial charge in [0.1, 0.15) is 0 Å². The molecule has 2 nitrogen and oxygen atoms in total. The first-order chi connectivity index (χ1) is 31.0. The zero-order valence-electron chi connectivity index (χ0n) is 35.7. The van der Waals surface area contributed by atoms with Gasteiger partial charge in [0.2, 0.25) is 0 Å². The van der Waals surface area contributed by atoms with E-state index in [1.807, 2.05) is 0 Å². The van der Waals surface area contributed by atoms with E-state index in [1.165, 1.54) is 93.9 Å². The van der Waals surface area contributed by atoms with Crippen molar-refractivity contribution in [2.24, 2.45) is 9.98 Å². The van der Waals surface area contributed by atoms with E-state index in [9.17, 15) is 0 Å². The van der Waals surface area contributed by atoms with Crippen LogP contribution in [0.25, 0.3) is 71.7 Å². The number of aliphatic imine (C=N–C) groups is 2. The van der Waals surface area contributed by atoms with Crippen LogP contribution in [0.3, 0.4) is 0 Å². The lowest BCUT2D eigenvalue weighted by molar-refractivity contribution is 0.660. The van der Waals surface area contributed by atoms with Crippen LogP contribution in [0.4, 0.5) is 0 Å². The Kier molecular flexibility index (Phi) is 8.83. The first-order valence-corrected chi connectivity index (χ1v) is 22.4. The number of hydrogen-bond acceptors (Lipinski definition) is 2. The number of amidine groups is 1. The molecule has 1 heterocycles. The molecule has 0 saturated heterocycles. The van der Waals surface area contributed by atoms with Gasteiger partial charge in [-0.25, -0.2) is 9.98 Å². The quantitative estimate of drug-likeness (QED) is 0.166. The molecule has 3 aliphatic rings. The lowest BCUT2D eigenvalue weighted by atomic mass is 9.77. The molecular formula is C61H46N2. The molecule has 0 aromatic heterocycles. The fraction of sp³-hybridized carbons (Fsp3) is 0.115. The van der Waals surface area contributed by atoms with Gasteiger partial charge >= 0.3 is 0 Å². The predicted octanol–water partition coefficient (Wildman–Crippen LogP) is 15.5. The van der Waals surface area contributed by atoms with Crippen molar-refractivity contribution in [3.63, 3.8) is 0 Å². The molecule has 2 heteroatoms. The van der Waals surface area contributed by atoms with Gasteiger partial charge in [0.15, 0.2) is 5.84 Å². The van der Waals surface area contributed by atoms with Crippen LogP contribution >= 0.6 is 0 Å². The standard InChI is InChI=1S/C61H46N2/c1-61(2)55-23-11-10-20-50(55)51-33-32-46(38-56(51)61)58-25-13-24-57(42-15-4-3-5-16-42)62-60(63-58)54-37-45-18-8-9-19-48(45)59-52-22-12-21-47(49(52)34-35-53(54)59)41-29-26-40(27-30-41)44-31-28-39-14-6-7-17-43(39)36-44/h3-12,14-24,26-33,36-38H,13,25,34-35H2,1-2H3/b57-24-,62-60-,63-58+. The molecular weight excluding hydrogens is 761 g/mol. The number of nitrogens with zero attached hydrogens (tertiary/aromatic N) is 2. The maximum Gasteiger partial charge on any atom is 0.160 e. The average Bonchev–Trinajstić information content (AvgIpc) is 3.56. The third kappa shape index (κ3) is 6.31. The van der Waals surface area contributed by atoms with Crippen molar-refractivity contribution in [2.45, 2.75) is 44.9 Å². The summed E-state index contributed by atoms with van der Waals surface area (Å²) in [5.41, 5.74) is 21.2. The van der Waals surface area contributed by atoms with Crippen LogP contribution in [0.5, 0.6) is 0 Å². The van der Waals surface area contributed by atoms with Gasteiger partial charge in [0, 0.05) is 11.0 Å². The normalized spacial score (nSPS) is 17.5. The van der Waals surface area contributed by atoms with E-state index < -0.39 is 0 Å². The largest absolute Gasteiger partial charge is 0.232 e. The third-order valence-corrected chi connectivity index (χ3v) is 13.9. The van der Waals surface area contributed by atoms with E-state index in [2.05, 4.69) is 208 Å². The van der Waals surface area contributed by atoms with Crippen LogP contribution in [-0.4, -0.2) is 11.5 Å². The van der Waals surface area contributed by atoms with Crippen molar-refractivity contribution in [1.82, 2.24) is 0 Å². The van der Waals surface area contributed by atoms with Crippen molar-refractivity contribution in [2.75, 3.05) is 0 Å². The maximum absolute atomic E-state index is 5.69. The Hall–Kier alpha value is -7.42. The van der Waals surface area contributed by atoms with Gasteiger partial charge in [-0.1, -0.05) is 190 Å². The van der Waals surface area contributed by atoms with Crippen LogP contribution in [-0.2, 0) is 18.3 Å². The second-order valence-corrected chi connectivity index (χ2v) is 17.9. The Bertz CT molecular complexity index is 3400. The predicted molar refractivity (Wildman–Crippen MR) is 266 cm³/mol. The molecule has 0 spiro atoms. The van der Waals surface area contributed by atoms with E-state index in [-0.39, 0.29) is 5.41 Å². The van der Waals surface area contributed by atoms with Gasteiger partial charge in [-0.05, 0) is 143 Å². The molecule has 0 N–H and O–H groups in total. The summed E-state index contributed by atoms with van der Waals surface area (Å²) in [6, 6.07) is 69.2. The summed E-state index contributed by atoms with van der Waals surface area (Å²) in [6.07, 6.45) is 5.83. The highest BCUT2D eigenvalue weighted by Crippen LogP contribution is 2.49. The highest BCUT2D eigenvalue weighted by molar-refractivity contribution is 6.17. The van der Waals surface area contributed by atoms with Gasteiger partial charge in [0.05, 0.1) is 11.4 Å². The van der Waals surface area contributed by atoms with E-state index in [1.54, 1.807) is 0 Å². The molecule has 300 valence electrons. The first-order valence-electron chi connectivity index (χ1n) is 22.4. The van der Waals surface area contributed by atoms with E-state index >= 15 is 0 Å². The lowest BCUT2D eigenvalue weighted by Gasteiger charge is -2.27.